The van der Waals surface area contributed by atoms with Gasteiger partial charge < -0.3 is 24.2 Å². The summed E-state index contributed by atoms with van der Waals surface area (Å²) in [6.45, 7) is 3.32. The van der Waals surface area contributed by atoms with Crippen LogP contribution in [-0.4, -0.2) is 61.9 Å². The van der Waals surface area contributed by atoms with E-state index < -0.39 is 11.5 Å². The summed E-state index contributed by atoms with van der Waals surface area (Å²) in [7, 11) is 4.28. The van der Waals surface area contributed by atoms with E-state index in [1.165, 1.54) is 26.2 Å². The number of nitrogens with zero attached hydrogens (tertiary/aromatic N) is 1. The molecule has 0 atom stereocenters. The van der Waals surface area contributed by atoms with Gasteiger partial charge in [0.05, 0.1) is 39.9 Å². The van der Waals surface area contributed by atoms with E-state index in [9.17, 15) is 14.7 Å². The van der Waals surface area contributed by atoms with Crippen LogP contribution < -0.4 is 9.47 Å². The van der Waals surface area contributed by atoms with Crippen molar-refractivity contribution in [2.45, 2.75) is 25.8 Å². The van der Waals surface area contributed by atoms with Crippen molar-refractivity contribution in [3.63, 3.8) is 0 Å². The largest absolute Gasteiger partial charge is 0.497 e. The van der Waals surface area contributed by atoms with Crippen LogP contribution in [0.5, 0.6) is 11.5 Å². The Bertz CT molecular complexity index is 562. The van der Waals surface area contributed by atoms with Gasteiger partial charge in [-0.25, -0.2) is 0 Å². The molecule has 1 N–H and O–H groups in total. The minimum Gasteiger partial charge on any atom is -0.497 e. The second-order valence-corrected chi connectivity index (χ2v) is 5.85. The van der Waals surface area contributed by atoms with Gasteiger partial charge in [-0.05, 0) is 26.0 Å². The molecular weight excluding hydrogens is 314 g/mol. The predicted molar refractivity (Wildman–Crippen MR) is 88.4 cm³/mol. The number of carbonyl (C=O) groups excluding carboxylic acids is 2. The molecule has 0 heterocycles. The van der Waals surface area contributed by atoms with Crippen LogP contribution in [0.1, 0.15) is 30.6 Å². The molecule has 0 unspecified atom stereocenters. The topological polar surface area (TPSA) is 85.3 Å². The minimum absolute atomic E-state index is 0.0345. The fraction of sp³-hybridized carbons (Fsp3) is 0.529. The lowest BCUT2D eigenvalue weighted by atomic mass is 10.0. The van der Waals surface area contributed by atoms with E-state index >= 15 is 0 Å². The van der Waals surface area contributed by atoms with Gasteiger partial charge in [0, 0.05) is 18.2 Å². The summed E-state index contributed by atoms with van der Waals surface area (Å²) in [5.74, 6) is 0.194. The summed E-state index contributed by atoms with van der Waals surface area (Å²) in [4.78, 5) is 25.8. The van der Waals surface area contributed by atoms with Crippen LogP contribution in [0.4, 0.5) is 0 Å². The van der Waals surface area contributed by atoms with Crippen LogP contribution in [0, 0.1) is 0 Å². The van der Waals surface area contributed by atoms with Crippen LogP contribution >= 0.6 is 0 Å². The number of rotatable bonds is 8. The Morgan fingerprint density at radius 3 is 2.04 bits per heavy atom. The van der Waals surface area contributed by atoms with Gasteiger partial charge in [-0.3, -0.25) is 9.59 Å². The van der Waals surface area contributed by atoms with E-state index in [0.29, 0.717) is 17.1 Å². The van der Waals surface area contributed by atoms with Gasteiger partial charge in [-0.1, -0.05) is 0 Å². The lowest BCUT2D eigenvalue weighted by molar-refractivity contribution is -0.141. The quantitative estimate of drug-likeness (QED) is 0.722. The first-order chi connectivity index (χ1) is 11.3. The second kappa shape index (κ2) is 8.54. The second-order valence-electron chi connectivity index (χ2n) is 5.85. The van der Waals surface area contributed by atoms with Crippen molar-refractivity contribution in [2.24, 2.45) is 0 Å². The van der Waals surface area contributed by atoms with Crippen LogP contribution in [0.2, 0.25) is 0 Å². The average molecular weight is 339 g/mol. The molecule has 0 bridgehead atoms. The normalized spacial score (nSPS) is 10.9. The molecule has 0 radical (unpaired) electrons. The lowest BCUT2D eigenvalue weighted by Crippen LogP contribution is -2.51. The lowest BCUT2D eigenvalue weighted by Gasteiger charge is -2.37. The Balaban J connectivity index is 3.17. The van der Waals surface area contributed by atoms with Crippen molar-refractivity contribution < 1.29 is 28.9 Å². The highest BCUT2D eigenvalue weighted by molar-refractivity contribution is 5.95. The standard InChI is InChI=1S/C17H25NO6/c1-17(2,11-19)18(7-6-15(20)24-5)16(21)12-8-13(22-3)10-14(9-12)23-4/h8-10,19H,6-7,11H2,1-5H3. The number of methoxy groups -OCH3 is 3. The molecule has 134 valence electrons. The monoisotopic (exact) mass is 339 g/mol. The molecule has 0 aliphatic heterocycles. The van der Waals surface area contributed by atoms with E-state index in [2.05, 4.69) is 4.74 Å². The number of hydrogen-bond acceptors (Lipinski definition) is 6. The first-order valence-corrected chi connectivity index (χ1v) is 7.51. The number of benzene rings is 1. The van der Waals surface area contributed by atoms with E-state index in [1.807, 2.05) is 0 Å². The number of aliphatic hydroxyl groups excluding tert-OH is 1. The molecule has 7 nitrogen and oxygen atoms in total. The molecule has 0 aliphatic carbocycles. The number of aliphatic hydroxyl groups is 1. The SMILES string of the molecule is COC(=O)CCN(C(=O)c1cc(OC)cc(OC)c1)C(C)(C)CO. The fourth-order valence-electron chi connectivity index (χ4n) is 2.16. The number of hydrogen-bond donors (Lipinski definition) is 1. The van der Waals surface area contributed by atoms with Crippen LogP contribution in [0.3, 0.4) is 0 Å². The zero-order valence-corrected chi connectivity index (χ0v) is 14.8. The molecular formula is C17H25NO6. The smallest absolute Gasteiger partial charge is 0.307 e. The van der Waals surface area contributed by atoms with Gasteiger partial charge in [-0.2, -0.15) is 0 Å². The third kappa shape index (κ3) is 4.86. The zero-order valence-electron chi connectivity index (χ0n) is 14.8. The summed E-state index contributed by atoms with van der Waals surface area (Å²) >= 11 is 0. The zero-order chi connectivity index (χ0) is 18.3. The number of carbonyl (C=O) groups is 2. The van der Waals surface area contributed by atoms with Gasteiger partial charge in [-0.15, -0.1) is 0 Å². The van der Waals surface area contributed by atoms with Gasteiger partial charge in [0.2, 0.25) is 0 Å². The fourth-order valence-corrected chi connectivity index (χ4v) is 2.16. The first-order valence-electron chi connectivity index (χ1n) is 7.51. The van der Waals surface area contributed by atoms with Crippen LogP contribution in [-0.2, 0) is 9.53 Å². The Morgan fingerprint density at radius 1 is 1.08 bits per heavy atom. The third-order valence-corrected chi connectivity index (χ3v) is 3.73. The maximum Gasteiger partial charge on any atom is 0.307 e. The van der Waals surface area contributed by atoms with Gasteiger partial charge >= 0.3 is 5.97 Å². The Kier molecular flexibility index (Phi) is 7.03. The molecule has 1 amide bonds. The maximum atomic E-state index is 12.9. The highest BCUT2D eigenvalue weighted by atomic mass is 16.5. The number of amides is 1. The predicted octanol–water partition coefficient (Wildman–Crippen LogP) is 1.48. The average Bonchev–Trinajstić information content (AvgIpc) is 2.60. The number of esters is 1. The van der Waals surface area contributed by atoms with Crippen molar-refractivity contribution in [1.82, 2.24) is 4.90 Å². The van der Waals surface area contributed by atoms with Crippen molar-refractivity contribution in [1.29, 1.82) is 0 Å². The van der Waals surface area contributed by atoms with Crippen molar-refractivity contribution in [3.8, 4) is 11.5 Å². The molecule has 0 aliphatic rings. The van der Waals surface area contributed by atoms with Crippen LogP contribution in [0.15, 0.2) is 18.2 Å². The summed E-state index contributed by atoms with van der Waals surface area (Å²) in [6, 6.07) is 4.83. The number of ether oxygens (including phenoxy) is 3. The highest BCUT2D eigenvalue weighted by Crippen LogP contribution is 2.26. The summed E-state index contributed by atoms with van der Waals surface area (Å²) in [6.07, 6.45) is 0.0345. The Hall–Kier alpha value is -2.28. The third-order valence-electron chi connectivity index (χ3n) is 3.73. The Labute approximate surface area is 142 Å². The molecule has 0 aromatic heterocycles. The van der Waals surface area contributed by atoms with Crippen molar-refractivity contribution in [2.75, 3.05) is 34.5 Å². The van der Waals surface area contributed by atoms with Gasteiger partial charge in [0.15, 0.2) is 0 Å². The van der Waals surface area contributed by atoms with E-state index in [1.54, 1.807) is 32.0 Å². The Morgan fingerprint density at radius 2 is 1.62 bits per heavy atom. The molecule has 0 fully saturated rings. The van der Waals surface area contributed by atoms with Crippen molar-refractivity contribution in [3.05, 3.63) is 23.8 Å². The van der Waals surface area contributed by atoms with E-state index in [-0.39, 0.29) is 25.5 Å². The first kappa shape index (κ1) is 19.8. The summed E-state index contributed by atoms with van der Waals surface area (Å²) < 4.78 is 15.0. The molecule has 1 aromatic rings. The summed E-state index contributed by atoms with van der Waals surface area (Å²) in [5, 5.41) is 9.62. The van der Waals surface area contributed by atoms with Crippen LogP contribution in [0.25, 0.3) is 0 Å². The van der Waals surface area contributed by atoms with Crippen molar-refractivity contribution >= 4 is 11.9 Å². The molecule has 0 spiro atoms. The van der Waals surface area contributed by atoms with E-state index in [4.69, 9.17) is 9.47 Å². The molecule has 24 heavy (non-hydrogen) atoms. The van der Waals surface area contributed by atoms with Gasteiger partial charge in [0.25, 0.3) is 5.91 Å². The molecule has 7 heteroatoms. The minimum atomic E-state index is -0.846. The highest BCUT2D eigenvalue weighted by Gasteiger charge is 2.31. The molecule has 0 saturated heterocycles. The summed E-state index contributed by atoms with van der Waals surface area (Å²) in [5.41, 5.74) is -0.501. The van der Waals surface area contributed by atoms with E-state index in [0.717, 1.165) is 0 Å². The van der Waals surface area contributed by atoms with Gasteiger partial charge in [0.1, 0.15) is 11.5 Å². The maximum absolute atomic E-state index is 12.9. The molecule has 1 aromatic carbocycles. The molecule has 0 saturated carbocycles. The molecule has 1 rings (SSSR count).